The van der Waals surface area contributed by atoms with E-state index >= 15 is 0 Å². The summed E-state index contributed by atoms with van der Waals surface area (Å²) < 4.78 is 13.5. The molecule has 0 aliphatic carbocycles. The number of Topliss-reactive ketones (excluding diaryl/α,β-unsaturated/α-hetero) is 1. The highest BCUT2D eigenvalue weighted by atomic mass is 19.1. The van der Waals surface area contributed by atoms with Crippen molar-refractivity contribution in [3.63, 3.8) is 0 Å². The molecule has 0 N–H and O–H groups in total. The normalized spacial score (nSPS) is 10.5. The first kappa shape index (κ1) is 15.2. The maximum atomic E-state index is 13.5. The van der Waals surface area contributed by atoms with Gasteiger partial charge in [-0.25, -0.2) is 4.39 Å². The van der Waals surface area contributed by atoms with Crippen molar-refractivity contribution < 1.29 is 9.18 Å². The Morgan fingerprint density at radius 3 is 2.35 bits per heavy atom. The largest absolute Gasteiger partial charge is 0.294 e. The number of aryl methyl sites for hydroxylation is 1. The molecule has 23 heavy (non-hydrogen) atoms. The third-order valence-corrected chi connectivity index (χ3v) is 3.85. The molecule has 0 heterocycles. The van der Waals surface area contributed by atoms with Crippen LogP contribution in [0.4, 0.5) is 4.39 Å². The van der Waals surface area contributed by atoms with Gasteiger partial charge in [0.1, 0.15) is 5.82 Å². The van der Waals surface area contributed by atoms with Crippen LogP contribution >= 0.6 is 0 Å². The lowest BCUT2D eigenvalue weighted by Gasteiger charge is -2.09. The Balaban J connectivity index is 1.84. The smallest absolute Gasteiger partial charge is 0.163 e. The van der Waals surface area contributed by atoms with E-state index in [4.69, 9.17) is 0 Å². The second-order valence-corrected chi connectivity index (χ2v) is 5.46. The Bertz CT molecular complexity index is 809. The lowest BCUT2D eigenvalue weighted by atomic mass is 9.94. The molecule has 114 valence electrons. The number of benzene rings is 3. The summed E-state index contributed by atoms with van der Waals surface area (Å²) in [6.45, 7) is 0. The highest BCUT2D eigenvalue weighted by Crippen LogP contribution is 2.25. The highest BCUT2D eigenvalue weighted by molar-refractivity contribution is 6.02. The number of carbonyl (C=O) groups excluding carboxylic acids is 1. The SMILES string of the molecule is O=C(CCc1ccccc1)c1ccccc1-c1cccc(F)c1. The second kappa shape index (κ2) is 7.01. The van der Waals surface area contributed by atoms with Gasteiger partial charge >= 0.3 is 0 Å². The molecule has 0 aromatic heterocycles. The number of ketones is 1. The van der Waals surface area contributed by atoms with Crippen LogP contribution in [0, 0.1) is 5.82 Å². The molecule has 3 aromatic rings. The van der Waals surface area contributed by atoms with Crippen molar-refractivity contribution in [1.29, 1.82) is 0 Å². The third kappa shape index (κ3) is 3.72. The molecule has 0 aliphatic heterocycles. The molecule has 2 heteroatoms. The van der Waals surface area contributed by atoms with Gasteiger partial charge in [-0.15, -0.1) is 0 Å². The van der Waals surface area contributed by atoms with Crippen LogP contribution in [0.2, 0.25) is 0 Å². The van der Waals surface area contributed by atoms with Gasteiger partial charge in [0.2, 0.25) is 0 Å². The van der Waals surface area contributed by atoms with Gasteiger partial charge in [-0.05, 0) is 35.2 Å². The Morgan fingerprint density at radius 1 is 0.826 bits per heavy atom. The van der Waals surface area contributed by atoms with Crippen LogP contribution in [0.3, 0.4) is 0 Å². The minimum Gasteiger partial charge on any atom is -0.294 e. The summed E-state index contributed by atoms with van der Waals surface area (Å²) in [6.07, 6.45) is 1.15. The van der Waals surface area contributed by atoms with Crippen LogP contribution < -0.4 is 0 Å². The van der Waals surface area contributed by atoms with Crippen molar-refractivity contribution in [3.8, 4) is 11.1 Å². The van der Waals surface area contributed by atoms with E-state index in [-0.39, 0.29) is 11.6 Å². The molecule has 0 spiro atoms. The van der Waals surface area contributed by atoms with E-state index in [1.54, 1.807) is 6.07 Å². The van der Waals surface area contributed by atoms with E-state index in [1.165, 1.54) is 12.1 Å². The Morgan fingerprint density at radius 2 is 1.57 bits per heavy atom. The maximum Gasteiger partial charge on any atom is 0.163 e. The van der Waals surface area contributed by atoms with Gasteiger partial charge in [-0.2, -0.15) is 0 Å². The Kier molecular flexibility index (Phi) is 4.62. The summed E-state index contributed by atoms with van der Waals surface area (Å²) in [6, 6.07) is 23.7. The second-order valence-electron chi connectivity index (χ2n) is 5.46. The lowest BCUT2D eigenvalue weighted by molar-refractivity contribution is 0.0983. The fraction of sp³-hybridized carbons (Fsp3) is 0.0952. The summed E-state index contributed by atoms with van der Waals surface area (Å²) in [4.78, 5) is 12.6. The van der Waals surface area contributed by atoms with Crippen LogP contribution in [-0.4, -0.2) is 5.78 Å². The fourth-order valence-corrected chi connectivity index (χ4v) is 2.67. The van der Waals surface area contributed by atoms with E-state index in [0.717, 1.165) is 16.7 Å². The van der Waals surface area contributed by atoms with E-state index in [0.29, 0.717) is 18.4 Å². The van der Waals surface area contributed by atoms with Gasteiger partial charge < -0.3 is 0 Å². The van der Waals surface area contributed by atoms with E-state index in [1.807, 2.05) is 60.7 Å². The molecule has 0 amide bonds. The molecular formula is C21H17FO. The molecule has 3 rings (SSSR count). The van der Waals surface area contributed by atoms with E-state index in [9.17, 15) is 9.18 Å². The van der Waals surface area contributed by atoms with E-state index < -0.39 is 0 Å². The summed E-state index contributed by atoms with van der Waals surface area (Å²) in [5, 5.41) is 0. The first-order valence-electron chi connectivity index (χ1n) is 7.66. The number of halogens is 1. The molecule has 3 aromatic carbocycles. The lowest BCUT2D eigenvalue weighted by Crippen LogP contribution is -2.03. The van der Waals surface area contributed by atoms with Crippen LogP contribution in [0.15, 0.2) is 78.9 Å². The van der Waals surface area contributed by atoms with Gasteiger partial charge in [-0.3, -0.25) is 4.79 Å². The average molecular weight is 304 g/mol. The van der Waals surface area contributed by atoms with Crippen molar-refractivity contribution in [1.82, 2.24) is 0 Å². The Hall–Kier alpha value is -2.74. The third-order valence-electron chi connectivity index (χ3n) is 3.85. The van der Waals surface area contributed by atoms with E-state index in [2.05, 4.69) is 0 Å². The number of hydrogen-bond acceptors (Lipinski definition) is 1. The molecule has 0 fully saturated rings. The average Bonchev–Trinajstić information content (AvgIpc) is 2.60. The standard InChI is InChI=1S/C21H17FO/c22-18-10-6-9-17(15-18)19-11-4-5-12-20(19)21(23)14-13-16-7-2-1-3-8-16/h1-12,15H,13-14H2. The monoisotopic (exact) mass is 304 g/mol. The highest BCUT2D eigenvalue weighted by Gasteiger charge is 2.12. The zero-order chi connectivity index (χ0) is 16.1. The zero-order valence-corrected chi connectivity index (χ0v) is 12.7. The molecule has 0 bridgehead atoms. The van der Waals surface area contributed by atoms with Gasteiger partial charge in [0.25, 0.3) is 0 Å². The summed E-state index contributed by atoms with van der Waals surface area (Å²) >= 11 is 0. The predicted octanol–water partition coefficient (Wildman–Crippen LogP) is 5.31. The van der Waals surface area contributed by atoms with Crippen LogP contribution in [0.5, 0.6) is 0 Å². The summed E-state index contributed by atoms with van der Waals surface area (Å²) in [7, 11) is 0. The van der Waals surface area contributed by atoms with Crippen LogP contribution in [0.1, 0.15) is 22.3 Å². The topological polar surface area (TPSA) is 17.1 Å². The minimum atomic E-state index is -0.297. The number of carbonyl (C=O) groups is 1. The zero-order valence-electron chi connectivity index (χ0n) is 12.7. The molecular weight excluding hydrogens is 287 g/mol. The van der Waals surface area contributed by atoms with Crippen molar-refractivity contribution in [2.24, 2.45) is 0 Å². The van der Waals surface area contributed by atoms with Crippen LogP contribution in [-0.2, 0) is 6.42 Å². The van der Waals surface area contributed by atoms with Crippen molar-refractivity contribution in [2.45, 2.75) is 12.8 Å². The van der Waals surface area contributed by atoms with Crippen LogP contribution in [0.25, 0.3) is 11.1 Å². The minimum absolute atomic E-state index is 0.0775. The maximum absolute atomic E-state index is 13.5. The van der Waals surface area contributed by atoms with Gasteiger partial charge in [0.05, 0.1) is 0 Å². The predicted molar refractivity (Wildman–Crippen MR) is 90.9 cm³/mol. The molecule has 1 nitrogen and oxygen atoms in total. The van der Waals surface area contributed by atoms with Gasteiger partial charge in [0.15, 0.2) is 5.78 Å². The molecule has 0 atom stereocenters. The van der Waals surface area contributed by atoms with Crippen molar-refractivity contribution in [2.75, 3.05) is 0 Å². The quantitative estimate of drug-likeness (QED) is 0.584. The first-order valence-corrected chi connectivity index (χ1v) is 7.66. The van der Waals surface area contributed by atoms with Crippen molar-refractivity contribution >= 4 is 5.78 Å². The summed E-state index contributed by atoms with van der Waals surface area (Å²) in [5.41, 5.74) is 3.30. The summed E-state index contributed by atoms with van der Waals surface area (Å²) in [5.74, 6) is -0.220. The fourth-order valence-electron chi connectivity index (χ4n) is 2.67. The molecule has 0 radical (unpaired) electrons. The van der Waals surface area contributed by atoms with Gasteiger partial charge in [-0.1, -0.05) is 66.7 Å². The number of rotatable bonds is 5. The molecule has 0 saturated carbocycles. The van der Waals surface area contributed by atoms with Gasteiger partial charge in [0, 0.05) is 12.0 Å². The number of hydrogen-bond donors (Lipinski definition) is 0. The molecule has 0 saturated heterocycles. The Labute approximate surface area is 135 Å². The first-order chi connectivity index (χ1) is 11.2. The molecule has 0 aliphatic rings. The molecule has 0 unspecified atom stereocenters. The van der Waals surface area contributed by atoms with Crippen molar-refractivity contribution in [3.05, 3.63) is 95.8 Å².